The molecule has 0 aromatic heterocycles. The molecule has 3 nitrogen and oxygen atoms in total. The lowest BCUT2D eigenvalue weighted by molar-refractivity contribution is 0.152. The predicted octanol–water partition coefficient (Wildman–Crippen LogP) is 1.08. The van der Waals surface area contributed by atoms with E-state index in [1.54, 1.807) is 0 Å². The fourth-order valence-corrected chi connectivity index (χ4v) is 1.34. The van der Waals surface area contributed by atoms with E-state index < -0.39 is 0 Å². The van der Waals surface area contributed by atoms with Crippen LogP contribution in [-0.2, 0) is 0 Å². The quantitative estimate of drug-likeness (QED) is 0.578. The van der Waals surface area contributed by atoms with Crippen molar-refractivity contribution >= 4 is 0 Å². The maximum absolute atomic E-state index is 9.25. The molecule has 0 spiro atoms. The van der Waals surface area contributed by atoms with Gasteiger partial charge in [-0.1, -0.05) is 13.8 Å². The molecule has 0 aromatic rings. The highest BCUT2D eigenvalue weighted by molar-refractivity contribution is 4.66. The molecule has 0 bridgehead atoms. The first-order valence-electron chi connectivity index (χ1n) is 5.75. The van der Waals surface area contributed by atoms with Crippen LogP contribution in [0.15, 0.2) is 0 Å². The Labute approximate surface area is 88.5 Å². The first-order chi connectivity index (χ1) is 6.61. The predicted molar refractivity (Wildman–Crippen MR) is 61.6 cm³/mol. The molecule has 0 aliphatic heterocycles. The van der Waals surface area contributed by atoms with Gasteiger partial charge < -0.3 is 15.3 Å². The molecule has 14 heavy (non-hydrogen) atoms. The summed E-state index contributed by atoms with van der Waals surface area (Å²) >= 11 is 0. The van der Waals surface area contributed by atoms with Crippen LogP contribution in [0.4, 0.5) is 0 Å². The van der Waals surface area contributed by atoms with E-state index in [9.17, 15) is 5.11 Å². The minimum Gasteiger partial charge on any atom is -0.392 e. The van der Waals surface area contributed by atoms with E-state index in [0.29, 0.717) is 0 Å². The van der Waals surface area contributed by atoms with Crippen LogP contribution in [0.2, 0.25) is 0 Å². The highest BCUT2D eigenvalue weighted by atomic mass is 16.3. The molecule has 0 amide bonds. The van der Waals surface area contributed by atoms with E-state index >= 15 is 0 Å². The molecule has 0 radical (unpaired) electrons. The van der Waals surface area contributed by atoms with E-state index in [1.807, 2.05) is 13.8 Å². The van der Waals surface area contributed by atoms with Crippen LogP contribution in [0.25, 0.3) is 0 Å². The Morgan fingerprint density at radius 1 is 1.21 bits per heavy atom. The second kappa shape index (κ2) is 8.21. The summed E-state index contributed by atoms with van der Waals surface area (Å²) in [6.45, 7) is 12.6. The molecule has 0 saturated heterocycles. The van der Waals surface area contributed by atoms with Crippen LogP contribution < -0.4 is 5.32 Å². The number of aliphatic hydroxyl groups excluding tert-OH is 1. The third kappa shape index (κ3) is 6.35. The Balaban J connectivity index is 3.36. The SMILES string of the molecule is CCN(CC)CCCNC(C)C(C)O. The molecular formula is C11H26N2O. The zero-order chi connectivity index (χ0) is 11.0. The standard InChI is InChI=1S/C11H26N2O/c1-5-13(6-2)9-7-8-12-10(3)11(4)14/h10-12,14H,5-9H2,1-4H3. The molecule has 0 aliphatic rings. The third-order valence-electron chi connectivity index (χ3n) is 2.74. The number of nitrogens with one attached hydrogen (secondary N) is 1. The number of nitrogens with zero attached hydrogens (tertiary/aromatic N) is 1. The number of aliphatic hydroxyl groups is 1. The van der Waals surface area contributed by atoms with Crippen molar-refractivity contribution in [2.45, 2.75) is 46.3 Å². The van der Waals surface area contributed by atoms with Crippen molar-refractivity contribution in [2.75, 3.05) is 26.2 Å². The van der Waals surface area contributed by atoms with Gasteiger partial charge in [0.15, 0.2) is 0 Å². The smallest absolute Gasteiger partial charge is 0.0662 e. The van der Waals surface area contributed by atoms with Gasteiger partial charge in [0.1, 0.15) is 0 Å². The van der Waals surface area contributed by atoms with Crippen molar-refractivity contribution in [1.29, 1.82) is 0 Å². The van der Waals surface area contributed by atoms with Crippen molar-refractivity contribution in [3.63, 3.8) is 0 Å². The summed E-state index contributed by atoms with van der Waals surface area (Å²) in [4.78, 5) is 2.41. The lowest BCUT2D eigenvalue weighted by Gasteiger charge is -2.20. The molecule has 0 fully saturated rings. The van der Waals surface area contributed by atoms with Crippen LogP contribution in [0.5, 0.6) is 0 Å². The van der Waals surface area contributed by atoms with Crippen molar-refractivity contribution in [3.8, 4) is 0 Å². The number of hydrogen-bond acceptors (Lipinski definition) is 3. The Hall–Kier alpha value is -0.120. The summed E-state index contributed by atoms with van der Waals surface area (Å²) in [6, 6.07) is 0.201. The zero-order valence-corrected chi connectivity index (χ0v) is 10.1. The van der Waals surface area contributed by atoms with Crippen LogP contribution >= 0.6 is 0 Å². The fraction of sp³-hybridized carbons (Fsp3) is 1.00. The lowest BCUT2D eigenvalue weighted by Crippen LogP contribution is -2.37. The van der Waals surface area contributed by atoms with Crippen molar-refractivity contribution in [1.82, 2.24) is 10.2 Å². The minimum absolute atomic E-state index is 0.201. The van der Waals surface area contributed by atoms with Gasteiger partial charge in [0, 0.05) is 6.04 Å². The number of hydrogen-bond donors (Lipinski definition) is 2. The molecule has 2 N–H and O–H groups in total. The summed E-state index contributed by atoms with van der Waals surface area (Å²) in [5.74, 6) is 0. The van der Waals surface area contributed by atoms with E-state index in [4.69, 9.17) is 0 Å². The molecule has 0 aromatic carbocycles. The first-order valence-corrected chi connectivity index (χ1v) is 5.75. The van der Waals surface area contributed by atoms with Crippen molar-refractivity contribution in [3.05, 3.63) is 0 Å². The Kier molecular flexibility index (Phi) is 8.14. The molecule has 3 heteroatoms. The average Bonchev–Trinajstić information content (AvgIpc) is 2.17. The maximum Gasteiger partial charge on any atom is 0.0662 e. The summed E-state index contributed by atoms with van der Waals surface area (Å²) < 4.78 is 0. The van der Waals surface area contributed by atoms with Crippen LogP contribution in [-0.4, -0.2) is 48.3 Å². The van der Waals surface area contributed by atoms with Gasteiger partial charge in [-0.15, -0.1) is 0 Å². The molecule has 0 rings (SSSR count). The molecule has 86 valence electrons. The van der Waals surface area contributed by atoms with Crippen LogP contribution in [0.3, 0.4) is 0 Å². The summed E-state index contributed by atoms with van der Waals surface area (Å²) in [5, 5.41) is 12.6. The first kappa shape index (κ1) is 13.9. The summed E-state index contributed by atoms with van der Waals surface area (Å²) in [7, 11) is 0. The molecule has 0 heterocycles. The van der Waals surface area contributed by atoms with Crippen LogP contribution in [0, 0.1) is 0 Å². The summed E-state index contributed by atoms with van der Waals surface area (Å²) in [6.07, 6.45) is 0.891. The summed E-state index contributed by atoms with van der Waals surface area (Å²) in [5.41, 5.74) is 0. The highest BCUT2D eigenvalue weighted by Gasteiger charge is 2.06. The van der Waals surface area contributed by atoms with Crippen LogP contribution in [0.1, 0.15) is 34.1 Å². The van der Waals surface area contributed by atoms with E-state index in [-0.39, 0.29) is 12.1 Å². The zero-order valence-electron chi connectivity index (χ0n) is 10.1. The molecular weight excluding hydrogens is 176 g/mol. The molecule has 2 unspecified atom stereocenters. The van der Waals surface area contributed by atoms with Gasteiger partial charge in [-0.25, -0.2) is 0 Å². The van der Waals surface area contributed by atoms with Gasteiger partial charge >= 0.3 is 0 Å². The van der Waals surface area contributed by atoms with Gasteiger partial charge in [0.2, 0.25) is 0 Å². The van der Waals surface area contributed by atoms with Gasteiger partial charge in [0.25, 0.3) is 0 Å². The third-order valence-corrected chi connectivity index (χ3v) is 2.74. The minimum atomic E-state index is -0.261. The average molecular weight is 202 g/mol. The normalized spacial score (nSPS) is 15.9. The van der Waals surface area contributed by atoms with Crippen molar-refractivity contribution < 1.29 is 5.11 Å². The van der Waals surface area contributed by atoms with Gasteiger partial charge in [0.05, 0.1) is 6.10 Å². The van der Waals surface area contributed by atoms with Gasteiger partial charge in [-0.05, 0) is 46.4 Å². The second-order valence-electron chi connectivity index (χ2n) is 3.86. The van der Waals surface area contributed by atoms with Gasteiger partial charge in [-0.2, -0.15) is 0 Å². The van der Waals surface area contributed by atoms with E-state index in [2.05, 4.69) is 24.1 Å². The largest absolute Gasteiger partial charge is 0.392 e. The Morgan fingerprint density at radius 3 is 2.21 bits per heavy atom. The Bertz CT molecular complexity index is 120. The second-order valence-corrected chi connectivity index (χ2v) is 3.86. The van der Waals surface area contributed by atoms with Gasteiger partial charge in [-0.3, -0.25) is 0 Å². The lowest BCUT2D eigenvalue weighted by atomic mass is 10.2. The van der Waals surface area contributed by atoms with E-state index in [0.717, 1.165) is 32.6 Å². The monoisotopic (exact) mass is 202 g/mol. The van der Waals surface area contributed by atoms with E-state index in [1.165, 1.54) is 0 Å². The van der Waals surface area contributed by atoms with Crippen molar-refractivity contribution in [2.24, 2.45) is 0 Å². The number of rotatable bonds is 8. The highest BCUT2D eigenvalue weighted by Crippen LogP contribution is 1.93. The fourth-order valence-electron chi connectivity index (χ4n) is 1.34. The molecule has 0 saturated carbocycles. The molecule has 0 aliphatic carbocycles. The molecule has 2 atom stereocenters. The Morgan fingerprint density at radius 2 is 1.79 bits per heavy atom. The topological polar surface area (TPSA) is 35.5 Å². The maximum atomic E-state index is 9.25.